The third-order valence-corrected chi connectivity index (χ3v) is 5.12. The Morgan fingerprint density at radius 1 is 1.07 bits per heavy atom. The van der Waals surface area contributed by atoms with Gasteiger partial charge in [0.1, 0.15) is 29.2 Å². The van der Waals surface area contributed by atoms with E-state index in [9.17, 15) is 18.1 Å². The van der Waals surface area contributed by atoms with Gasteiger partial charge in [-0.15, -0.1) is 0 Å². The summed E-state index contributed by atoms with van der Waals surface area (Å²) < 4.78 is 46.0. The molecule has 3 aromatic rings. The van der Waals surface area contributed by atoms with E-state index < -0.39 is 15.8 Å². The SMILES string of the molecule is Cc1cc(C)cc(Oc2ccc(S(=O)(=O)Nc3ccc(F)cn3)cc2C#N)c1. The van der Waals surface area contributed by atoms with Gasteiger partial charge in [0.05, 0.1) is 16.7 Å². The maximum atomic E-state index is 12.9. The quantitative estimate of drug-likeness (QED) is 0.693. The van der Waals surface area contributed by atoms with Gasteiger partial charge in [0.2, 0.25) is 0 Å². The molecule has 1 heterocycles. The van der Waals surface area contributed by atoms with Crippen molar-refractivity contribution in [1.29, 1.82) is 5.26 Å². The van der Waals surface area contributed by atoms with Gasteiger partial charge in [-0.05, 0) is 67.4 Å². The van der Waals surface area contributed by atoms with Crippen molar-refractivity contribution >= 4 is 15.8 Å². The second kappa shape index (κ2) is 7.66. The van der Waals surface area contributed by atoms with Crippen molar-refractivity contribution in [3.63, 3.8) is 0 Å². The number of nitriles is 1. The van der Waals surface area contributed by atoms with Gasteiger partial charge in [-0.2, -0.15) is 5.26 Å². The van der Waals surface area contributed by atoms with Crippen molar-refractivity contribution in [2.75, 3.05) is 4.72 Å². The van der Waals surface area contributed by atoms with E-state index in [-0.39, 0.29) is 22.0 Å². The number of ether oxygens (including phenoxy) is 1. The lowest BCUT2D eigenvalue weighted by Gasteiger charge is -2.11. The molecule has 0 saturated heterocycles. The molecule has 0 bridgehead atoms. The molecule has 0 aliphatic heterocycles. The van der Waals surface area contributed by atoms with E-state index in [1.165, 1.54) is 24.3 Å². The van der Waals surface area contributed by atoms with Crippen LogP contribution in [0.4, 0.5) is 10.2 Å². The Kier molecular flexibility index (Phi) is 5.29. The fraction of sp³-hybridized carbons (Fsp3) is 0.100. The summed E-state index contributed by atoms with van der Waals surface area (Å²) in [6.07, 6.45) is 0.902. The number of aromatic nitrogens is 1. The number of benzene rings is 2. The van der Waals surface area contributed by atoms with Crippen molar-refractivity contribution in [2.24, 2.45) is 0 Å². The van der Waals surface area contributed by atoms with Gasteiger partial charge < -0.3 is 4.74 Å². The average Bonchev–Trinajstić information content (AvgIpc) is 2.63. The third-order valence-electron chi connectivity index (χ3n) is 3.77. The number of anilines is 1. The lowest BCUT2D eigenvalue weighted by atomic mass is 10.1. The van der Waals surface area contributed by atoms with E-state index in [1.807, 2.05) is 38.1 Å². The summed E-state index contributed by atoms with van der Waals surface area (Å²) in [5.41, 5.74) is 2.07. The largest absolute Gasteiger partial charge is 0.456 e. The zero-order valence-corrected chi connectivity index (χ0v) is 15.9. The third kappa shape index (κ3) is 4.45. The second-order valence-electron chi connectivity index (χ2n) is 6.16. The molecular weight excluding hydrogens is 381 g/mol. The van der Waals surface area contributed by atoms with E-state index in [0.29, 0.717) is 5.75 Å². The van der Waals surface area contributed by atoms with Crippen LogP contribution in [0.3, 0.4) is 0 Å². The average molecular weight is 397 g/mol. The van der Waals surface area contributed by atoms with Crippen LogP contribution in [-0.4, -0.2) is 13.4 Å². The van der Waals surface area contributed by atoms with Crippen LogP contribution in [-0.2, 0) is 10.0 Å². The van der Waals surface area contributed by atoms with Crippen molar-refractivity contribution < 1.29 is 17.5 Å². The molecule has 2 aromatic carbocycles. The van der Waals surface area contributed by atoms with Crippen molar-refractivity contribution in [1.82, 2.24) is 4.98 Å². The fourth-order valence-electron chi connectivity index (χ4n) is 2.60. The van der Waals surface area contributed by atoms with Gasteiger partial charge in [-0.3, -0.25) is 4.72 Å². The molecule has 0 aliphatic carbocycles. The monoisotopic (exact) mass is 397 g/mol. The second-order valence-corrected chi connectivity index (χ2v) is 7.84. The summed E-state index contributed by atoms with van der Waals surface area (Å²) in [6.45, 7) is 3.85. The summed E-state index contributed by atoms with van der Waals surface area (Å²) in [5.74, 6) is 0.183. The first-order valence-corrected chi connectivity index (χ1v) is 9.70. The lowest BCUT2D eigenvalue weighted by Crippen LogP contribution is -2.14. The highest BCUT2D eigenvalue weighted by atomic mass is 32.2. The predicted molar refractivity (Wildman–Crippen MR) is 102 cm³/mol. The molecule has 1 aromatic heterocycles. The molecule has 0 saturated carbocycles. The van der Waals surface area contributed by atoms with Gasteiger partial charge in [0, 0.05) is 0 Å². The number of halogens is 1. The lowest BCUT2D eigenvalue weighted by molar-refractivity contribution is 0.479. The number of aryl methyl sites for hydroxylation is 2. The van der Waals surface area contributed by atoms with Crippen molar-refractivity contribution in [3.05, 3.63) is 77.2 Å². The molecule has 0 atom stereocenters. The van der Waals surface area contributed by atoms with Crippen LogP contribution in [0.25, 0.3) is 0 Å². The molecule has 1 N–H and O–H groups in total. The molecule has 142 valence electrons. The summed E-state index contributed by atoms with van der Waals surface area (Å²) in [4.78, 5) is 3.53. The number of hydrogen-bond acceptors (Lipinski definition) is 5. The molecule has 0 fully saturated rings. The van der Waals surface area contributed by atoms with Crippen LogP contribution >= 0.6 is 0 Å². The molecule has 0 radical (unpaired) electrons. The molecular formula is C20H16FN3O3S. The first-order chi connectivity index (χ1) is 13.3. The molecule has 0 unspecified atom stereocenters. The van der Waals surface area contributed by atoms with E-state index >= 15 is 0 Å². The van der Waals surface area contributed by atoms with Crippen LogP contribution < -0.4 is 9.46 Å². The minimum atomic E-state index is -4.00. The minimum absolute atomic E-state index is 0.0320. The first kappa shape index (κ1) is 19.3. The normalized spacial score (nSPS) is 10.9. The van der Waals surface area contributed by atoms with Crippen molar-refractivity contribution in [2.45, 2.75) is 18.7 Å². The summed E-state index contributed by atoms with van der Waals surface area (Å²) in [7, 11) is -4.00. The van der Waals surface area contributed by atoms with Crippen LogP contribution in [0, 0.1) is 31.0 Å². The zero-order valence-electron chi connectivity index (χ0n) is 15.1. The maximum Gasteiger partial charge on any atom is 0.263 e. The number of nitrogens with one attached hydrogen (secondary N) is 1. The minimum Gasteiger partial charge on any atom is -0.456 e. The highest BCUT2D eigenvalue weighted by Crippen LogP contribution is 2.29. The molecule has 28 heavy (non-hydrogen) atoms. The van der Waals surface area contributed by atoms with Gasteiger partial charge >= 0.3 is 0 Å². The number of nitrogens with zero attached hydrogens (tertiary/aromatic N) is 2. The predicted octanol–water partition coefficient (Wildman–Crippen LogP) is 4.30. The van der Waals surface area contributed by atoms with E-state index in [2.05, 4.69) is 9.71 Å². The van der Waals surface area contributed by atoms with E-state index in [1.54, 1.807) is 0 Å². The number of sulfonamides is 1. The van der Waals surface area contributed by atoms with Gasteiger partial charge in [0.15, 0.2) is 0 Å². The Hall–Kier alpha value is -3.44. The van der Waals surface area contributed by atoms with E-state index in [4.69, 9.17) is 4.74 Å². The van der Waals surface area contributed by atoms with Crippen LogP contribution in [0.2, 0.25) is 0 Å². The van der Waals surface area contributed by atoms with Crippen LogP contribution in [0.5, 0.6) is 11.5 Å². The highest BCUT2D eigenvalue weighted by molar-refractivity contribution is 7.92. The zero-order chi connectivity index (χ0) is 20.3. The summed E-state index contributed by atoms with van der Waals surface area (Å²) >= 11 is 0. The molecule has 3 rings (SSSR count). The standard InChI is InChI=1S/C20H16FN3O3S/c1-13-7-14(2)9-17(8-13)27-19-5-4-18(10-15(19)11-22)28(25,26)24-20-6-3-16(21)12-23-20/h3-10,12H,1-2H3,(H,23,24). The van der Waals surface area contributed by atoms with Crippen molar-refractivity contribution in [3.8, 4) is 17.6 Å². The number of pyridine rings is 1. The molecule has 0 amide bonds. The Bertz CT molecular complexity index is 1150. The fourth-order valence-corrected chi connectivity index (χ4v) is 3.64. The number of rotatable bonds is 5. The van der Waals surface area contributed by atoms with Gasteiger partial charge in [0.25, 0.3) is 10.0 Å². The van der Waals surface area contributed by atoms with E-state index in [0.717, 1.165) is 23.4 Å². The summed E-state index contributed by atoms with van der Waals surface area (Å²) in [6, 6.07) is 13.8. The Morgan fingerprint density at radius 3 is 2.39 bits per heavy atom. The van der Waals surface area contributed by atoms with Gasteiger partial charge in [-0.25, -0.2) is 17.8 Å². The highest BCUT2D eigenvalue weighted by Gasteiger charge is 2.18. The maximum absolute atomic E-state index is 12.9. The summed E-state index contributed by atoms with van der Waals surface area (Å²) in [5, 5.41) is 9.42. The first-order valence-electron chi connectivity index (χ1n) is 8.21. The Morgan fingerprint density at radius 2 is 1.79 bits per heavy atom. The van der Waals surface area contributed by atoms with Crippen LogP contribution in [0.1, 0.15) is 16.7 Å². The molecule has 6 nitrogen and oxygen atoms in total. The smallest absolute Gasteiger partial charge is 0.263 e. The number of hydrogen-bond donors (Lipinski definition) is 1. The molecule has 0 aliphatic rings. The molecule has 8 heteroatoms. The van der Waals surface area contributed by atoms with Crippen LogP contribution in [0.15, 0.2) is 59.6 Å². The topological polar surface area (TPSA) is 92.1 Å². The van der Waals surface area contributed by atoms with Gasteiger partial charge in [-0.1, -0.05) is 6.07 Å². The Labute approximate surface area is 162 Å². The Balaban J connectivity index is 1.90. The molecule has 0 spiro atoms.